The molecule has 3 N–H and O–H groups in total. The fourth-order valence-electron chi connectivity index (χ4n) is 1.74. The number of nitrogens with zero attached hydrogens (tertiary/aromatic N) is 1. The Hall–Kier alpha value is -1.92. The van der Waals surface area contributed by atoms with E-state index in [1.165, 1.54) is 0 Å². The van der Waals surface area contributed by atoms with Crippen molar-refractivity contribution in [2.75, 3.05) is 11.5 Å². The van der Waals surface area contributed by atoms with Crippen LogP contribution in [-0.4, -0.2) is 19.2 Å². The summed E-state index contributed by atoms with van der Waals surface area (Å²) in [6, 6.07) is 12.6. The van der Waals surface area contributed by atoms with Gasteiger partial charge in [-0.25, -0.2) is 13.1 Å². The summed E-state index contributed by atoms with van der Waals surface area (Å²) in [5, 5.41) is 0. The predicted molar refractivity (Wildman–Crippen MR) is 79.4 cm³/mol. The fourth-order valence-corrected chi connectivity index (χ4v) is 2.74. The van der Waals surface area contributed by atoms with Gasteiger partial charge in [0, 0.05) is 30.5 Å². The van der Waals surface area contributed by atoms with Crippen LogP contribution in [0.25, 0.3) is 0 Å². The number of rotatable bonds is 6. The SMILES string of the molecule is Nc1ccccc1CNS(=O)(=O)CCc1ccccn1. The number of benzene rings is 1. The molecule has 0 saturated heterocycles. The fraction of sp³-hybridized carbons (Fsp3) is 0.214. The Morgan fingerprint density at radius 2 is 1.85 bits per heavy atom. The van der Waals surface area contributed by atoms with Gasteiger partial charge in [-0.2, -0.15) is 0 Å². The van der Waals surface area contributed by atoms with Crippen molar-refractivity contribution in [1.29, 1.82) is 0 Å². The summed E-state index contributed by atoms with van der Waals surface area (Å²) in [6.07, 6.45) is 2.04. The van der Waals surface area contributed by atoms with Crippen LogP contribution in [-0.2, 0) is 23.0 Å². The number of pyridine rings is 1. The van der Waals surface area contributed by atoms with Gasteiger partial charge in [0.2, 0.25) is 10.0 Å². The second kappa shape index (κ2) is 6.49. The summed E-state index contributed by atoms with van der Waals surface area (Å²) >= 11 is 0. The minimum absolute atomic E-state index is 0.0107. The highest BCUT2D eigenvalue weighted by Crippen LogP contribution is 2.10. The third-order valence-corrected chi connectivity index (χ3v) is 4.22. The molecule has 0 bridgehead atoms. The molecule has 0 amide bonds. The van der Waals surface area contributed by atoms with Gasteiger partial charge in [0.15, 0.2) is 0 Å². The highest BCUT2D eigenvalue weighted by atomic mass is 32.2. The van der Waals surface area contributed by atoms with Crippen LogP contribution in [0.15, 0.2) is 48.7 Å². The molecule has 5 nitrogen and oxygen atoms in total. The highest BCUT2D eigenvalue weighted by molar-refractivity contribution is 7.89. The average Bonchev–Trinajstić information content (AvgIpc) is 2.46. The molecule has 0 radical (unpaired) electrons. The van der Waals surface area contributed by atoms with Crippen molar-refractivity contribution in [2.45, 2.75) is 13.0 Å². The standard InChI is InChI=1S/C14H17N3O2S/c15-14-7-2-1-5-12(14)11-17-20(18,19)10-8-13-6-3-4-9-16-13/h1-7,9,17H,8,10-11,15H2. The number of sulfonamides is 1. The van der Waals surface area contributed by atoms with Crippen molar-refractivity contribution in [2.24, 2.45) is 0 Å². The molecule has 0 fully saturated rings. The van der Waals surface area contributed by atoms with Gasteiger partial charge in [-0.1, -0.05) is 24.3 Å². The van der Waals surface area contributed by atoms with Crippen molar-refractivity contribution < 1.29 is 8.42 Å². The molecule has 0 atom stereocenters. The minimum Gasteiger partial charge on any atom is -0.398 e. The molecule has 20 heavy (non-hydrogen) atoms. The average molecular weight is 291 g/mol. The van der Waals surface area contributed by atoms with Gasteiger partial charge < -0.3 is 5.73 Å². The number of nitrogen functional groups attached to an aromatic ring is 1. The lowest BCUT2D eigenvalue weighted by molar-refractivity contribution is 0.580. The molecule has 2 rings (SSSR count). The van der Waals surface area contributed by atoms with Crippen LogP contribution in [0.3, 0.4) is 0 Å². The van der Waals surface area contributed by atoms with Crippen LogP contribution in [0, 0.1) is 0 Å². The molecule has 106 valence electrons. The second-order valence-corrected chi connectivity index (χ2v) is 6.34. The second-order valence-electron chi connectivity index (χ2n) is 4.41. The highest BCUT2D eigenvalue weighted by Gasteiger charge is 2.11. The van der Waals surface area contributed by atoms with E-state index in [-0.39, 0.29) is 12.3 Å². The molecular formula is C14H17N3O2S. The molecule has 0 saturated carbocycles. The van der Waals surface area contributed by atoms with Gasteiger partial charge in [-0.3, -0.25) is 4.98 Å². The van der Waals surface area contributed by atoms with Crippen molar-refractivity contribution >= 4 is 15.7 Å². The monoisotopic (exact) mass is 291 g/mol. The Kier molecular flexibility index (Phi) is 4.70. The molecule has 1 aromatic heterocycles. The Morgan fingerprint density at radius 1 is 1.10 bits per heavy atom. The van der Waals surface area contributed by atoms with Crippen LogP contribution >= 0.6 is 0 Å². The predicted octanol–water partition coefficient (Wildman–Crippen LogP) is 1.33. The first-order valence-corrected chi connectivity index (χ1v) is 7.93. The maximum absolute atomic E-state index is 11.9. The van der Waals surface area contributed by atoms with E-state index >= 15 is 0 Å². The van der Waals surface area contributed by atoms with E-state index in [9.17, 15) is 8.42 Å². The third-order valence-electron chi connectivity index (χ3n) is 2.89. The number of para-hydroxylation sites is 1. The van der Waals surface area contributed by atoms with Gasteiger partial charge in [0.25, 0.3) is 0 Å². The van der Waals surface area contributed by atoms with E-state index in [4.69, 9.17) is 5.73 Å². The summed E-state index contributed by atoms with van der Waals surface area (Å²) in [7, 11) is -3.34. The lowest BCUT2D eigenvalue weighted by Crippen LogP contribution is -2.27. The maximum Gasteiger partial charge on any atom is 0.212 e. The molecule has 1 heterocycles. The van der Waals surface area contributed by atoms with Crippen molar-refractivity contribution in [3.8, 4) is 0 Å². The van der Waals surface area contributed by atoms with Crippen LogP contribution < -0.4 is 10.5 Å². The molecule has 0 spiro atoms. The number of nitrogens with two attached hydrogens (primary N) is 1. The number of aryl methyl sites for hydroxylation is 1. The summed E-state index contributed by atoms with van der Waals surface area (Å²) in [4.78, 5) is 4.10. The Labute approximate surface area is 118 Å². The van der Waals surface area contributed by atoms with E-state index in [1.807, 2.05) is 24.3 Å². The van der Waals surface area contributed by atoms with Gasteiger partial charge in [0.05, 0.1) is 5.75 Å². The zero-order chi connectivity index (χ0) is 14.4. The first-order valence-electron chi connectivity index (χ1n) is 6.27. The normalized spacial score (nSPS) is 11.4. The molecule has 0 aliphatic heterocycles. The van der Waals surface area contributed by atoms with E-state index < -0.39 is 10.0 Å². The van der Waals surface area contributed by atoms with Crippen LogP contribution in [0.1, 0.15) is 11.3 Å². The topological polar surface area (TPSA) is 85.1 Å². The Morgan fingerprint density at radius 3 is 2.55 bits per heavy atom. The van der Waals surface area contributed by atoms with Gasteiger partial charge in [0.1, 0.15) is 0 Å². The molecular weight excluding hydrogens is 274 g/mol. The van der Waals surface area contributed by atoms with Gasteiger partial charge in [-0.05, 0) is 23.8 Å². The first-order chi connectivity index (χ1) is 9.57. The quantitative estimate of drug-likeness (QED) is 0.786. The molecule has 0 unspecified atom stereocenters. The smallest absolute Gasteiger partial charge is 0.212 e. The minimum atomic E-state index is -3.34. The lowest BCUT2D eigenvalue weighted by atomic mass is 10.2. The van der Waals surface area contributed by atoms with E-state index in [2.05, 4.69) is 9.71 Å². The Bertz CT molecular complexity index is 657. The summed E-state index contributed by atoms with van der Waals surface area (Å²) in [5.41, 5.74) is 7.89. The molecule has 1 aromatic carbocycles. The van der Waals surface area contributed by atoms with Gasteiger partial charge in [-0.15, -0.1) is 0 Å². The number of nitrogens with one attached hydrogen (secondary N) is 1. The van der Waals surface area contributed by atoms with E-state index in [1.54, 1.807) is 24.4 Å². The van der Waals surface area contributed by atoms with Crippen LogP contribution in [0.5, 0.6) is 0 Å². The maximum atomic E-state index is 11.9. The summed E-state index contributed by atoms with van der Waals surface area (Å²) in [6.45, 7) is 0.206. The zero-order valence-corrected chi connectivity index (χ0v) is 11.8. The van der Waals surface area contributed by atoms with Crippen molar-refractivity contribution in [3.63, 3.8) is 0 Å². The zero-order valence-electron chi connectivity index (χ0n) is 11.0. The molecule has 2 aromatic rings. The molecule has 0 aliphatic rings. The lowest BCUT2D eigenvalue weighted by Gasteiger charge is -2.08. The number of anilines is 1. The number of hydrogen-bond donors (Lipinski definition) is 2. The van der Waals surface area contributed by atoms with Gasteiger partial charge >= 0.3 is 0 Å². The van der Waals surface area contributed by atoms with Crippen LogP contribution in [0.4, 0.5) is 5.69 Å². The summed E-state index contributed by atoms with van der Waals surface area (Å²) < 4.78 is 26.4. The van der Waals surface area contributed by atoms with E-state index in [0.717, 1.165) is 11.3 Å². The molecule has 6 heteroatoms. The van der Waals surface area contributed by atoms with E-state index in [0.29, 0.717) is 12.1 Å². The third kappa shape index (κ3) is 4.32. The van der Waals surface area contributed by atoms with Crippen LogP contribution in [0.2, 0.25) is 0 Å². The molecule has 0 aliphatic carbocycles. The first kappa shape index (κ1) is 14.5. The van der Waals surface area contributed by atoms with Crippen molar-refractivity contribution in [3.05, 3.63) is 59.9 Å². The number of aromatic nitrogens is 1. The Balaban J connectivity index is 1.90. The van der Waals surface area contributed by atoms with Crippen molar-refractivity contribution in [1.82, 2.24) is 9.71 Å². The summed E-state index contributed by atoms with van der Waals surface area (Å²) in [5.74, 6) is 0.0107. The number of hydrogen-bond acceptors (Lipinski definition) is 4. The largest absolute Gasteiger partial charge is 0.398 e.